The number of terminal acetylenes is 1. The number of aromatic nitrogens is 3. The number of hydrogen-bond donors (Lipinski definition) is 3. The first kappa shape index (κ1) is 30.9. The molecule has 0 saturated heterocycles. The quantitative estimate of drug-likeness (QED) is 0.174. The van der Waals surface area contributed by atoms with Gasteiger partial charge in [-0.15, -0.1) is 12.3 Å². The van der Waals surface area contributed by atoms with Crippen molar-refractivity contribution in [1.82, 2.24) is 14.8 Å². The number of nitrogens with zero attached hydrogens (tertiary/aromatic N) is 3. The van der Waals surface area contributed by atoms with Crippen LogP contribution in [0, 0.1) is 12.3 Å². The van der Waals surface area contributed by atoms with E-state index in [4.69, 9.17) is 16.9 Å². The summed E-state index contributed by atoms with van der Waals surface area (Å²) in [5.74, 6) is 1.08. The van der Waals surface area contributed by atoms with Crippen molar-refractivity contribution in [1.29, 1.82) is 0 Å². The molecule has 0 spiro atoms. The largest absolute Gasteiger partial charge is 0.506 e. The van der Waals surface area contributed by atoms with Crippen molar-refractivity contribution < 1.29 is 41.0 Å². The fourth-order valence-electron chi connectivity index (χ4n) is 4.07. The maximum atomic E-state index is 13.5. The van der Waals surface area contributed by atoms with Crippen LogP contribution in [-0.2, 0) is 30.8 Å². The number of pyridine rings is 1. The molecular weight excluding hydrogens is 580 g/mol. The molecule has 0 fully saturated rings. The molecule has 224 valence electrons. The first-order valence-corrected chi connectivity index (χ1v) is 12.4. The third-order valence-corrected chi connectivity index (χ3v) is 6.23. The average Bonchev–Trinajstić information content (AvgIpc) is 3.34. The molecule has 1 unspecified atom stereocenters. The molecule has 0 aliphatic rings. The molecule has 0 bridgehead atoms. The molecule has 1 amide bonds. The topological polar surface area (TPSA) is 115 Å². The molecule has 0 aliphatic carbocycles. The molecule has 8 nitrogen and oxygen atoms in total. The van der Waals surface area contributed by atoms with Crippen LogP contribution in [0.2, 0.25) is 0 Å². The number of carbonyl (C=O) groups is 1. The normalized spacial score (nSPS) is 12.4. The molecule has 0 saturated carbocycles. The Hall–Kier alpha value is -5.03. The summed E-state index contributed by atoms with van der Waals surface area (Å²) in [5.41, 5.74) is 3.60. The Bertz CT molecular complexity index is 1670. The van der Waals surface area contributed by atoms with Gasteiger partial charge < -0.3 is 20.9 Å². The molecule has 14 heteroatoms. The molecule has 0 aliphatic heterocycles. The van der Waals surface area contributed by atoms with Crippen LogP contribution >= 0.6 is 0 Å². The lowest BCUT2D eigenvalue weighted by atomic mass is 9.98. The van der Waals surface area contributed by atoms with Crippen LogP contribution in [0.3, 0.4) is 0 Å². The van der Waals surface area contributed by atoms with Crippen molar-refractivity contribution in [2.24, 2.45) is 12.8 Å². The lowest BCUT2D eigenvalue weighted by Crippen LogP contribution is -2.35. The summed E-state index contributed by atoms with van der Waals surface area (Å²) in [6.45, 7) is -0.134. The third kappa shape index (κ3) is 7.07. The first-order valence-electron chi connectivity index (χ1n) is 12.4. The highest BCUT2D eigenvalue weighted by atomic mass is 19.4. The van der Waals surface area contributed by atoms with Gasteiger partial charge in [-0.2, -0.15) is 31.4 Å². The molecule has 2 heterocycles. The van der Waals surface area contributed by atoms with Gasteiger partial charge in [-0.3, -0.25) is 14.5 Å². The van der Waals surface area contributed by atoms with Crippen molar-refractivity contribution >= 4 is 11.6 Å². The molecule has 43 heavy (non-hydrogen) atoms. The second-order valence-corrected chi connectivity index (χ2v) is 9.32. The Morgan fingerprint density at radius 2 is 1.79 bits per heavy atom. The van der Waals surface area contributed by atoms with Gasteiger partial charge in [0, 0.05) is 42.7 Å². The number of rotatable bonds is 8. The maximum absolute atomic E-state index is 13.5. The number of anilines is 1. The van der Waals surface area contributed by atoms with E-state index < -0.39 is 41.3 Å². The predicted octanol–water partition coefficient (Wildman–Crippen LogP) is 5.76. The number of nitrogens with one attached hydrogen (secondary N) is 1. The number of benzene rings is 2. The molecule has 2 aromatic carbocycles. The number of aromatic hydroxyl groups is 1. The first-order chi connectivity index (χ1) is 20.2. The minimum Gasteiger partial charge on any atom is -0.506 e. The summed E-state index contributed by atoms with van der Waals surface area (Å²) in [6, 6.07) is 9.45. The van der Waals surface area contributed by atoms with Crippen LogP contribution in [0.25, 0.3) is 22.4 Å². The zero-order valence-corrected chi connectivity index (χ0v) is 22.3. The van der Waals surface area contributed by atoms with E-state index in [-0.39, 0.29) is 41.2 Å². The molecule has 2 aromatic heterocycles. The van der Waals surface area contributed by atoms with Crippen molar-refractivity contribution in [3.8, 4) is 46.2 Å². The molecule has 4 aromatic rings. The van der Waals surface area contributed by atoms with Gasteiger partial charge >= 0.3 is 12.4 Å². The van der Waals surface area contributed by atoms with Crippen LogP contribution in [0.5, 0.6) is 11.5 Å². The van der Waals surface area contributed by atoms with E-state index in [1.165, 1.54) is 12.1 Å². The van der Waals surface area contributed by atoms with Crippen LogP contribution in [0.4, 0.5) is 32.0 Å². The summed E-state index contributed by atoms with van der Waals surface area (Å²) in [6.07, 6.45) is -2.63. The number of alkyl halides is 6. The number of phenolic OH excluding ortho intramolecular Hbond substituents is 1. The van der Waals surface area contributed by atoms with Crippen LogP contribution < -0.4 is 15.8 Å². The van der Waals surface area contributed by atoms with Crippen molar-refractivity contribution in [2.75, 3.05) is 5.32 Å². The van der Waals surface area contributed by atoms with E-state index in [1.54, 1.807) is 24.3 Å². The van der Waals surface area contributed by atoms with Gasteiger partial charge in [0.1, 0.15) is 23.8 Å². The number of phenols is 1. The van der Waals surface area contributed by atoms with Gasteiger partial charge in [0.15, 0.2) is 0 Å². The van der Waals surface area contributed by atoms with Gasteiger partial charge in [-0.05, 0) is 42.0 Å². The number of carbonyl (C=O) groups excluding carboxylic acids is 1. The van der Waals surface area contributed by atoms with Crippen molar-refractivity contribution in [2.45, 2.75) is 31.4 Å². The molecular formula is C29H23F6N5O3. The Morgan fingerprint density at radius 3 is 2.40 bits per heavy atom. The summed E-state index contributed by atoms with van der Waals surface area (Å²) in [4.78, 5) is 15.7. The summed E-state index contributed by atoms with van der Waals surface area (Å²) in [7, 11) is 1.07. The van der Waals surface area contributed by atoms with Gasteiger partial charge in [0.25, 0.3) is 0 Å². The average molecular weight is 604 g/mol. The zero-order valence-electron chi connectivity index (χ0n) is 22.3. The lowest BCUT2D eigenvalue weighted by molar-refractivity contribution is -0.143. The second kappa shape index (κ2) is 12.1. The number of aryl methyl sites for hydroxylation is 1. The number of ether oxygens (including phenoxy) is 1. The van der Waals surface area contributed by atoms with E-state index in [0.29, 0.717) is 28.2 Å². The summed E-state index contributed by atoms with van der Waals surface area (Å²) >= 11 is 0. The molecule has 4 N–H and O–H groups in total. The Labute approximate surface area is 241 Å². The monoisotopic (exact) mass is 603 g/mol. The molecule has 4 rings (SSSR count). The van der Waals surface area contributed by atoms with Crippen molar-refractivity contribution in [3.05, 3.63) is 77.7 Å². The number of nitrogens with two attached hydrogens (primary N) is 1. The maximum Gasteiger partial charge on any atom is 0.433 e. The van der Waals surface area contributed by atoms with E-state index in [9.17, 15) is 36.2 Å². The SMILES string of the molecule is C#CCC(N)C(=O)Nc1ccc(COc2ccc(-c3cc(C(F)(F)F)n(C)n3)c(O)c2-c2cncc(C(F)(F)F)c2)cc1. The fraction of sp³-hybridized carbons (Fsp3) is 0.207. The van der Waals surface area contributed by atoms with E-state index in [0.717, 1.165) is 19.3 Å². The number of hydrogen-bond acceptors (Lipinski definition) is 6. The van der Waals surface area contributed by atoms with E-state index in [2.05, 4.69) is 21.3 Å². The highest BCUT2D eigenvalue weighted by molar-refractivity contribution is 5.94. The molecule has 1 atom stereocenters. The minimum atomic E-state index is -4.76. The smallest absolute Gasteiger partial charge is 0.433 e. The molecule has 0 radical (unpaired) electrons. The van der Waals surface area contributed by atoms with Gasteiger partial charge in [0.05, 0.1) is 22.9 Å². The number of halogens is 6. The number of amides is 1. The zero-order chi connectivity index (χ0) is 31.5. The van der Waals surface area contributed by atoms with Crippen LogP contribution in [0.1, 0.15) is 23.2 Å². The van der Waals surface area contributed by atoms with Crippen LogP contribution in [-0.4, -0.2) is 31.8 Å². The Balaban J connectivity index is 1.69. The predicted molar refractivity (Wildman–Crippen MR) is 144 cm³/mol. The highest BCUT2D eigenvalue weighted by Gasteiger charge is 2.36. The third-order valence-electron chi connectivity index (χ3n) is 6.23. The van der Waals surface area contributed by atoms with Gasteiger partial charge in [-0.1, -0.05) is 12.1 Å². The van der Waals surface area contributed by atoms with E-state index in [1.807, 2.05) is 0 Å². The van der Waals surface area contributed by atoms with Gasteiger partial charge in [-0.25, -0.2) is 0 Å². The Morgan fingerprint density at radius 1 is 1.09 bits per heavy atom. The lowest BCUT2D eigenvalue weighted by Gasteiger charge is -2.17. The fourth-order valence-corrected chi connectivity index (χ4v) is 4.07. The standard InChI is InChI=1S/C29H23F6N5O3/c1-3-4-21(36)27(42)38-19-7-5-16(6-8-19)15-43-23-10-9-20(22-12-24(29(33,34)35)40(2)39-22)26(41)25(23)17-11-18(14-37-13-17)28(30,31)32/h1,5-14,21,41H,4,15,36H2,2H3,(H,38,42). The van der Waals surface area contributed by atoms with E-state index >= 15 is 0 Å². The van der Waals surface area contributed by atoms with Crippen LogP contribution in [0.15, 0.2) is 60.9 Å². The Kier molecular flexibility index (Phi) is 8.67. The summed E-state index contributed by atoms with van der Waals surface area (Å²) < 4.78 is 86.9. The highest BCUT2D eigenvalue weighted by Crippen LogP contribution is 2.45. The minimum absolute atomic E-state index is 0.0525. The van der Waals surface area contributed by atoms with Gasteiger partial charge in [0.2, 0.25) is 5.91 Å². The second-order valence-electron chi connectivity index (χ2n) is 9.32. The van der Waals surface area contributed by atoms with Crippen molar-refractivity contribution in [3.63, 3.8) is 0 Å². The summed E-state index contributed by atoms with van der Waals surface area (Å²) in [5, 5.41) is 17.6.